The number of rotatable bonds is 7. The van der Waals surface area contributed by atoms with E-state index >= 15 is 0 Å². The van der Waals surface area contributed by atoms with E-state index < -0.39 is 0 Å². The summed E-state index contributed by atoms with van der Waals surface area (Å²) in [6.45, 7) is 12.0. The molecule has 0 fully saturated rings. The van der Waals surface area contributed by atoms with Crippen LogP contribution in [0.2, 0.25) is 0 Å². The number of benzene rings is 1. The van der Waals surface area contributed by atoms with Gasteiger partial charge in [-0.3, -0.25) is 4.79 Å². The Balaban J connectivity index is 2.38. The quantitative estimate of drug-likeness (QED) is 0.803. The van der Waals surface area contributed by atoms with Crippen molar-refractivity contribution in [1.82, 2.24) is 10.6 Å². The Morgan fingerprint density at radius 2 is 1.90 bits per heavy atom. The van der Waals surface area contributed by atoms with Gasteiger partial charge in [0.1, 0.15) is 0 Å². The van der Waals surface area contributed by atoms with Gasteiger partial charge >= 0.3 is 0 Å². The molecule has 3 heteroatoms. The van der Waals surface area contributed by atoms with Crippen molar-refractivity contribution in [3.8, 4) is 0 Å². The van der Waals surface area contributed by atoms with Crippen LogP contribution in [-0.4, -0.2) is 19.0 Å². The van der Waals surface area contributed by atoms with Crippen LogP contribution in [-0.2, 0) is 4.79 Å². The van der Waals surface area contributed by atoms with Crippen molar-refractivity contribution in [1.29, 1.82) is 0 Å². The molecule has 1 aromatic rings. The lowest BCUT2D eigenvalue weighted by Gasteiger charge is -2.17. The molecule has 0 aliphatic carbocycles. The molecule has 20 heavy (non-hydrogen) atoms. The second-order valence-electron chi connectivity index (χ2n) is 5.98. The zero-order valence-electron chi connectivity index (χ0n) is 13.4. The minimum Gasteiger partial charge on any atom is -0.356 e. The number of carbonyl (C=O) groups is 1. The maximum Gasteiger partial charge on any atom is 0.221 e. The van der Waals surface area contributed by atoms with E-state index in [0.29, 0.717) is 18.9 Å². The number of carbonyl (C=O) groups excluding carboxylic acids is 1. The Bertz CT molecular complexity index is 441. The van der Waals surface area contributed by atoms with Crippen LogP contribution in [0.25, 0.3) is 0 Å². The normalized spacial score (nSPS) is 12.5. The van der Waals surface area contributed by atoms with Crippen LogP contribution in [0.4, 0.5) is 0 Å². The molecule has 0 heterocycles. The zero-order chi connectivity index (χ0) is 15.1. The van der Waals surface area contributed by atoms with Crippen LogP contribution in [0.5, 0.6) is 0 Å². The van der Waals surface area contributed by atoms with Crippen LogP contribution in [0.15, 0.2) is 18.2 Å². The predicted octanol–water partition coefficient (Wildman–Crippen LogP) is 3.12. The van der Waals surface area contributed by atoms with Crippen LogP contribution in [0, 0.1) is 19.8 Å². The Morgan fingerprint density at radius 1 is 1.20 bits per heavy atom. The van der Waals surface area contributed by atoms with E-state index in [1.54, 1.807) is 0 Å². The van der Waals surface area contributed by atoms with Gasteiger partial charge in [0.25, 0.3) is 0 Å². The van der Waals surface area contributed by atoms with Gasteiger partial charge in [0.2, 0.25) is 5.91 Å². The van der Waals surface area contributed by atoms with Crippen molar-refractivity contribution < 1.29 is 4.79 Å². The molecule has 112 valence electrons. The molecule has 2 N–H and O–H groups in total. The van der Waals surface area contributed by atoms with Crippen molar-refractivity contribution >= 4 is 5.91 Å². The summed E-state index contributed by atoms with van der Waals surface area (Å²) in [4.78, 5) is 11.6. The van der Waals surface area contributed by atoms with Gasteiger partial charge in [-0.2, -0.15) is 0 Å². The SMILES string of the molecule is Cc1ccc(C)c(C(C)NCCC(=O)NCC(C)C)c1. The summed E-state index contributed by atoms with van der Waals surface area (Å²) < 4.78 is 0. The largest absolute Gasteiger partial charge is 0.356 e. The molecule has 1 amide bonds. The molecule has 3 nitrogen and oxygen atoms in total. The second-order valence-corrected chi connectivity index (χ2v) is 5.98. The van der Waals surface area contributed by atoms with E-state index in [1.807, 2.05) is 0 Å². The van der Waals surface area contributed by atoms with Gasteiger partial charge in [0.05, 0.1) is 0 Å². The van der Waals surface area contributed by atoms with Crippen LogP contribution in [0.3, 0.4) is 0 Å². The molecule has 0 aliphatic rings. The third-order valence-electron chi connectivity index (χ3n) is 3.41. The number of aryl methyl sites for hydroxylation is 2. The average molecular weight is 276 g/mol. The van der Waals surface area contributed by atoms with Crippen molar-refractivity contribution in [2.24, 2.45) is 5.92 Å². The zero-order valence-corrected chi connectivity index (χ0v) is 13.4. The summed E-state index contributed by atoms with van der Waals surface area (Å²) in [5.74, 6) is 0.625. The molecule has 0 radical (unpaired) electrons. The Kier molecular flexibility index (Phi) is 6.73. The molecule has 0 aliphatic heterocycles. The summed E-state index contributed by atoms with van der Waals surface area (Å²) >= 11 is 0. The van der Waals surface area contributed by atoms with Crippen LogP contribution >= 0.6 is 0 Å². The standard InChI is InChI=1S/C17H28N2O/c1-12(2)11-19-17(20)8-9-18-15(5)16-10-13(3)6-7-14(16)4/h6-7,10,12,15,18H,8-9,11H2,1-5H3,(H,19,20). The fraction of sp³-hybridized carbons (Fsp3) is 0.588. The van der Waals surface area contributed by atoms with E-state index in [2.05, 4.69) is 63.5 Å². The third kappa shape index (κ3) is 5.74. The topological polar surface area (TPSA) is 41.1 Å². The van der Waals surface area contributed by atoms with Crippen LogP contribution in [0.1, 0.15) is 49.9 Å². The highest BCUT2D eigenvalue weighted by atomic mass is 16.1. The van der Waals surface area contributed by atoms with E-state index in [-0.39, 0.29) is 11.9 Å². The van der Waals surface area contributed by atoms with E-state index in [4.69, 9.17) is 0 Å². The molecule has 0 saturated heterocycles. The van der Waals surface area contributed by atoms with E-state index in [0.717, 1.165) is 6.54 Å². The molecule has 0 bridgehead atoms. The Hall–Kier alpha value is -1.35. The van der Waals surface area contributed by atoms with E-state index in [1.165, 1.54) is 16.7 Å². The van der Waals surface area contributed by atoms with Crippen molar-refractivity contribution in [3.63, 3.8) is 0 Å². The summed E-state index contributed by atoms with van der Waals surface area (Å²) in [5, 5.41) is 6.36. The van der Waals surface area contributed by atoms with Gasteiger partial charge in [0.15, 0.2) is 0 Å². The predicted molar refractivity (Wildman–Crippen MR) is 84.8 cm³/mol. The van der Waals surface area contributed by atoms with E-state index in [9.17, 15) is 4.79 Å². The molecule has 0 spiro atoms. The number of amides is 1. The highest BCUT2D eigenvalue weighted by Crippen LogP contribution is 2.18. The average Bonchev–Trinajstić information content (AvgIpc) is 2.39. The second kappa shape index (κ2) is 8.05. The van der Waals surface area contributed by atoms with Crippen LogP contribution < -0.4 is 10.6 Å². The summed E-state index contributed by atoms with van der Waals surface area (Å²) in [6, 6.07) is 6.77. The van der Waals surface area contributed by atoms with Gasteiger partial charge in [-0.05, 0) is 37.8 Å². The number of hydrogen-bond acceptors (Lipinski definition) is 2. The first-order valence-corrected chi connectivity index (χ1v) is 7.47. The first-order chi connectivity index (χ1) is 9.40. The highest BCUT2D eigenvalue weighted by molar-refractivity contribution is 5.76. The highest BCUT2D eigenvalue weighted by Gasteiger charge is 2.09. The smallest absolute Gasteiger partial charge is 0.221 e. The molecule has 1 atom stereocenters. The van der Waals surface area contributed by atoms with Gasteiger partial charge in [-0.1, -0.05) is 37.6 Å². The summed E-state index contributed by atoms with van der Waals surface area (Å²) in [5.41, 5.74) is 3.88. The lowest BCUT2D eigenvalue weighted by molar-refractivity contribution is -0.121. The maximum atomic E-state index is 11.6. The monoisotopic (exact) mass is 276 g/mol. The van der Waals surface area contributed by atoms with Crippen molar-refractivity contribution in [2.75, 3.05) is 13.1 Å². The molecule has 0 saturated carbocycles. The van der Waals surface area contributed by atoms with Gasteiger partial charge in [-0.15, -0.1) is 0 Å². The minimum atomic E-state index is 0.124. The number of hydrogen-bond donors (Lipinski definition) is 2. The Morgan fingerprint density at radius 3 is 2.55 bits per heavy atom. The lowest BCUT2D eigenvalue weighted by Crippen LogP contribution is -2.31. The van der Waals surface area contributed by atoms with Crippen molar-refractivity contribution in [2.45, 2.75) is 47.1 Å². The minimum absolute atomic E-state index is 0.124. The molecular weight excluding hydrogens is 248 g/mol. The van der Waals surface area contributed by atoms with Crippen molar-refractivity contribution in [3.05, 3.63) is 34.9 Å². The first-order valence-electron chi connectivity index (χ1n) is 7.47. The fourth-order valence-corrected chi connectivity index (χ4v) is 2.14. The lowest BCUT2D eigenvalue weighted by atomic mass is 10.00. The number of nitrogens with one attached hydrogen (secondary N) is 2. The molecule has 0 aromatic heterocycles. The summed E-state index contributed by atoms with van der Waals surface area (Å²) in [7, 11) is 0. The third-order valence-corrected chi connectivity index (χ3v) is 3.41. The summed E-state index contributed by atoms with van der Waals surface area (Å²) in [6.07, 6.45) is 0.530. The molecule has 1 rings (SSSR count). The molecular formula is C17H28N2O. The first kappa shape index (κ1) is 16.7. The van der Waals surface area contributed by atoms with Gasteiger partial charge in [0, 0.05) is 25.6 Å². The van der Waals surface area contributed by atoms with Gasteiger partial charge in [-0.25, -0.2) is 0 Å². The molecule has 1 aromatic carbocycles. The maximum absolute atomic E-state index is 11.6. The molecule has 1 unspecified atom stereocenters. The van der Waals surface area contributed by atoms with Gasteiger partial charge < -0.3 is 10.6 Å². The fourth-order valence-electron chi connectivity index (χ4n) is 2.14. The Labute approximate surface area is 123 Å².